The molecule has 11 heteroatoms. The van der Waals surface area contributed by atoms with Gasteiger partial charge in [0.05, 0.1) is 26.5 Å². The number of anilines is 1. The first kappa shape index (κ1) is 24.7. The largest absolute Gasteiger partial charge is 0.481 e. The first-order valence-corrected chi connectivity index (χ1v) is 11.8. The third-order valence-corrected chi connectivity index (χ3v) is 6.51. The highest BCUT2D eigenvalue weighted by Gasteiger charge is 2.21. The molecule has 32 heavy (non-hydrogen) atoms. The van der Waals surface area contributed by atoms with Crippen LogP contribution in [0, 0.1) is 0 Å². The standard InChI is InChI=1S/C21H18Cl4N4O2S/c1-3-9-29-20(12(2)31-17-10-13(22)7-8-14(17)23)27-28-21(29)32-11-18(30)26-16-6-4-5-15(24)19(16)25/h3-8,10,12H,1,9,11H2,2H3,(H,26,30). The normalized spacial score (nSPS) is 11.8. The number of ether oxygens (including phenoxy) is 1. The molecule has 1 unspecified atom stereocenters. The Morgan fingerprint density at radius 2 is 2.00 bits per heavy atom. The lowest BCUT2D eigenvalue weighted by Crippen LogP contribution is -2.16. The monoisotopic (exact) mass is 530 g/mol. The van der Waals surface area contributed by atoms with E-state index < -0.39 is 6.10 Å². The maximum absolute atomic E-state index is 12.4. The third kappa shape index (κ3) is 6.11. The van der Waals surface area contributed by atoms with Gasteiger partial charge in [0.2, 0.25) is 5.91 Å². The molecular weight excluding hydrogens is 514 g/mol. The molecule has 0 fully saturated rings. The van der Waals surface area contributed by atoms with Gasteiger partial charge in [-0.1, -0.05) is 70.3 Å². The van der Waals surface area contributed by atoms with Crippen molar-refractivity contribution in [3.63, 3.8) is 0 Å². The Kier molecular flexibility index (Phi) is 8.73. The van der Waals surface area contributed by atoms with E-state index in [1.54, 1.807) is 42.5 Å². The fraction of sp³-hybridized carbons (Fsp3) is 0.190. The van der Waals surface area contributed by atoms with E-state index in [1.807, 2.05) is 11.5 Å². The molecule has 168 valence electrons. The summed E-state index contributed by atoms with van der Waals surface area (Å²) in [4.78, 5) is 12.4. The number of nitrogens with zero attached hydrogens (tertiary/aromatic N) is 3. The number of hydrogen-bond acceptors (Lipinski definition) is 5. The highest BCUT2D eigenvalue weighted by molar-refractivity contribution is 7.99. The lowest BCUT2D eigenvalue weighted by Gasteiger charge is -2.16. The number of halogens is 4. The van der Waals surface area contributed by atoms with Crippen molar-refractivity contribution < 1.29 is 9.53 Å². The molecule has 0 bridgehead atoms. The van der Waals surface area contributed by atoms with E-state index in [2.05, 4.69) is 22.1 Å². The van der Waals surface area contributed by atoms with Gasteiger partial charge in [0, 0.05) is 17.6 Å². The van der Waals surface area contributed by atoms with Crippen molar-refractivity contribution in [3.8, 4) is 5.75 Å². The Morgan fingerprint density at radius 3 is 2.75 bits per heavy atom. The Balaban J connectivity index is 1.71. The number of rotatable bonds is 9. The maximum Gasteiger partial charge on any atom is 0.234 e. The van der Waals surface area contributed by atoms with Crippen LogP contribution in [-0.2, 0) is 11.3 Å². The number of amides is 1. The topological polar surface area (TPSA) is 69.0 Å². The number of allylic oxidation sites excluding steroid dienone is 1. The number of nitrogens with one attached hydrogen (secondary N) is 1. The summed E-state index contributed by atoms with van der Waals surface area (Å²) in [5, 5.41) is 13.3. The summed E-state index contributed by atoms with van der Waals surface area (Å²) in [6.07, 6.45) is 1.23. The Morgan fingerprint density at radius 1 is 1.22 bits per heavy atom. The van der Waals surface area contributed by atoms with E-state index in [1.165, 1.54) is 11.8 Å². The van der Waals surface area contributed by atoms with Crippen molar-refractivity contribution in [2.24, 2.45) is 0 Å². The van der Waals surface area contributed by atoms with Crippen LogP contribution in [0.2, 0.25) is 20.1 Å². The molecule has 1 heterocycles. The zero-order valence-electron chi connectivity index (χ0n) is 16.8. The second kappa shape index (κ2) is 11.3. The van der Waals surface area contributed by atoms with Crippen molar-refractivity contribution in [3.05, 3.63) is 75.0 Å². The first-order chi connectivity index (χ1) is 15.3. The van der Waals surface area contributed by atoms with Gasteiger partial charge in [-0.05, 0) is 31.2 Å². The van der Waals surface area contributed by atoms with Crippen LogP contribution in [0.25, 0.3) is 0 Å². The number of benzene rings is 2. The number of carbonyl (C=O) groups excluding carboxylic acids is 1. The van der Waals surface area contributed by atoms with Crippen LogP contribution in [0.3, 0.4) is 0 Å². The smallest absolute Gasteiger partial charge is 0.234 e. The summed E-state index contributed by atoms with van der Waals surface area (Å²) in [5.41, 5.74) is 0.443. The molecule has 1 aromatic heterocycles. The van der Waals surface area contributed by atoms with Crippen molar-refractivity contribution in [2.75, 3.05) is 11.1 Å². The summed E-state index contributed by atoms with van der Waals surface area (Å²) in [6.45, 7) is 6.04. The Hall–Kier alpha value is -1.90. The molecule has 0 saturated heterocycles. The summed E-state index contributed by atoms with van der Waals surface area (Å²) in [7, 11) is 0. The number of thioether (sulfide) groups is 1. The zero-order chi connectivity index (χ0) is 23.3. The van der Waals surface area contributed by atoms with Gasteiger partial charge in [-0.25, -0.2) is 0 Å². The molecule has 0 spiro atoms. The van der Waals surface area contributed by atoms with Crippen LogP contribution in [0.5, 0.6) is 5.75 Å². The van der Waals surface area contributed by atoms with Crippen molar-refractivity contribution >= 4 is 69.8 Å². The molecule has 3 aromatic rings. The van der Waals surface area contributed by atoms with Gasteiger partial charge in [-0.15, -0.1) is 16.8 Å². The molecule has 0 radical (unpaired) electrons. The molecule has 1 atom stereocenters. The van der Waals surface area contributed by atoms with E-state index in [0.717, 1.165) is 0 Å². The lowest BCUT2D eigenvalue weighted by atomic mass is 10.3. The molecule has 2 aromatic carbocycles. The van der Waals surface area contributed by atoms with E-state index in [4.69, 9.17) is 51.1 Å². The quantitative estimate of drug-likeness (QED) is 0.239. The number of carbonyl (C=O) groups is 1. The predicted octanol–water partition coefficient (Wildman–Crippen LogP) is 6.95. The number of hydrogen-bond donors (Lipinski definition) is 1. The van der Waals surface area contributed by atoms with E-state index >= 15 is 0 Å². The lowest BCUT2D eigenvalue weighted by molar-refractivity contribution is -0.113. The minimum atomic E-state index is -0.480. The maximum atomic E-state index is 12.4. The van der Waals surface area contributed by atoms with Gasteiger partial charge in [-0.2, -0.15) is 0 Å². The predicted molar refractivity (Wildman–Crippen MR) is 132 cm³/mol. The van der Waals surface area contributed by atoms with Crippen molar-refractivity contribution in [2.45, 2.75) is 24.7 Å². The van der Waals surface area contributed by atoms with Gasteiger partial charge < -0.3 is 10.1 Å². The average Bonchev–Trinajstić information content (AvgIpc) is 3.15. The highest BCUT2D eigenvalue weighted by Crippen LogP contribution is 2.32. The summed E-state index contributed by atoms with van der Waals surface area (Å²) < 4.78 is 7.77. The SMILES string of the molecule is C=CCn1c(SCC(=O)Nc2cccc(Cl)c2Cl)nnc1C(C)Oc1cc(Cl)ccc1Cl. The summed E-state index contributed by atoms with van der Waals surface area (Å²) in [5.74, 6) is 0.824. The molecule has 0 aliphatic rings. The molecule has 3 rings (SSSR count). The van der Waals surface area contributed by atoms with E-state index in [0.29, 0.717) is 44.0 Å². The van der Waals surface area contributed by atoms with Crippen LogP contribution in [0.4, 0.5) is 5.69 Å². The van der Waals surface area contributed by atoms with E-state index in [-0.39, 0.29) is 16.7 Å². The van der Waals surface area contributed by atoms with Crippen LogP contribution < -0.4 is 10.1 Å². The summed E-state index contributed by atoms with van der Waals surface area (Å²) >= 11 is 25.6. The van der Waals surface area contributed by atoms with Crippen LogP contribution in [-0.4, -0.2) is 26.4 Å². The number of aromatic nitrogens is 3. The first-order valence-electron chi connectivity index (χ1n) is 9.32. The molecule has 1 amide bonds. The average molecular weight is 532 g/mol. The van der Waals surface area contributed by atoms with Gasteiger partial charge in [-0.3, -0.25) is 9.36 Å². The van der Waals surface area contributed by atoms with Gasteiger partial charge in [0.25, 0.3) is 0 Å². The Labute approximate surface area is 209 Å². The second-order valence-corrected chi connectivity index (χ2v) is 9.08. The fourth-order valence-corrected chi connectivity index (χ4v) is 4.16. The molecule has 0 saturated carbocycles. The van der Waals surface area contributed by atoms with Crippen LogP contribution >= 0.6 is 58.2 Å². The van der Waals surface area contributed by atoms with E-state index in [9.17, 15) is 4.79 Å². The molecule has 0 aliphatic heterocycles. The molecule has 1 N–H and O–H groups in total. The minimum Gasteiger partial charge on any atom is -0.481 e. The van der Waals surface area contributed by atoms with Crippen LogP contribution in [0.1, 0.15) is 18.9 Å². The second-order valence-electron chi connectivity index (χ2n) is 6.51. The van der Waals surface area contributed by atoms with Gasteiger partial charge >= 0.3 is 0 Å². The Bertz CT molecular complexity index is 1140. The molecule has 0 aliphatic carbocycles. The zero-order valence-corrected chi connectivity index (χ0v) is 20.7. The van der Waals surface area contributed by atoms with Crippen molar-refractivity contribution in [1.29, 1.82) is 0 Å². The van der Waals surface area contributed by atoms with Crippen molar-refractivity contribution in [1.82, 2.24) is 14.8 Å². The highest BCUT2D eigenvalue weighted by atomic mass is 35.5. The molecule has 6 nitrogen and oxygen atoms in total. The molecular formula is C21H18Cl4N4O2S. The van der Waals surface area contributed by atoms with Crippen LogP contribution in [0.15, 0.2) is 54.2 Å². The fourth-order valence-electron chi connectivity index (χ4n) is 2.74. The van der Waals surface area contributed by atoms with Gasteiger partial charge in [0.1, 0.15) is 5.75 Å². The minimum absolute atomic E-state index is 0.0908. The van der Waals surface area contributed by atoms with Gasteiger partial charge in [0.15, 0.2) is 17.1 Å². The third-order valence-electron chi connectivity index (χ3n) is 4.18. The summed E-state index contributed by atoms with van der Waals surface area (Å²) in [6, 6.07) is 10.0.